The molecule has 1 amide bonds. The van der Waals surface area contributed by atoms with Crippen molar-refractivity contribution in [2.75, 3.05) is 38.2 Å². The molecule has 2 aromatic carbocycles. The number of benzene rings is 2. The van der Waals surface area contributed by atoms with Gasteiger partial charge in [0.2, 0.25) is 0 Å². The molecule has 0 bridgehead atoms. The topological polar surface area (TPSA) is 67.7 Å². The fourth-order valence-corrected chi connectivity index (χ4v) is 3.61. The molecule has 0 aliphatic carbocycles. The van der Waals surface area contributed by atoms with Gasteiger partial charge in [0.05, 0.1) is 12.8 Å². The molecule has 0 spiro atoms. The fraction of sp³-hybridized carbons (Fsp3) is 0.261. The summed E-state index contributed by atoms with van der Waals surface area (Å²) in [5, 5.41) is 4.57. The van der Waals surface area contributed by atoms with Crippen LogP contribution in [0, 0.1) is 0 Å². The lowest BCUT2D eigenvalue weighted by atomic mass is 10.2. The summed E-state index contributed by atoms with van der Waals surface area (Å²) < 4.78 is 6.65. The van der Waals surface area contributed by atoms with Gasteiger partial charge < -0.3 is 14.5 Å². The highest BCUT2D eigenvalue weighted by molar-refractivity contribution is 5.94. The van der Waals surface area contributed by atoms with Crippen LogP contribution in [0.3, 0.4) is 0 Å². The summed E-state index contributed by atoms with van der Waals surface area (Å²) in [7, 11) is 1.59. The molecule has 1 aliphatic rings. The Morgan fingerprint density at radius 1 is 0.933 bits per heavy atom. The second-order valence-electron chi connectivity index (χ2n) is 7.14. The maximum atomic E-state index is 12.9. The van der Waals surface area contributed by atoms with Crippen LogP contribution in [-0.4, -0.2) is 53.9 Å². The van der Waals surface area contributed by atoms with E-state index in [0.29, 0.717) is 30.9 Å². The first-order valence-corrected chi connectivity index (χ1v) is 10.00. The number of carbonyl (C=O) groups excluding carboxylic acids is 1. The third-order valence-corrected chi connectivity index (χ3v) is 5.21. The second-order valence-corrected chi connectivity index (χ2v) is 7.14. The average molecular weight is 404 g/mol. The zero-order valence-corrected chi connectivity index (χ0v) is 16.9. The molecule has 0 radical (unpaired) electrons. The van der Waals surface area contributed by atoms with Gasteiger partial charge in [-0.2, -0.15) is 4.68 Å². The number of ether oxygens (including phenoxy) is 1. The molecule has 4 rings (SSSR count). The molecule has 0 saturated carbocycles. The van der Waals surface area contributed by atoms with E-state index in [1.807, 2.05) is 53.4 Å². The number of carbonyl (C=O) groups is 1. The number of para-hydroxylation sites is 1. The van der Waals surface area contributed by atoms with Gasteiger partial charge >= 0.3 is 0 Å². The molecule has 30 heavy (non-hydrogen) atoms. The van der Waals surface area contributed by atoms with Crippen LogP contribution in [0.1, 0.15) is 16.8 Å². The van der Waals surface area contributed by atoms with E-state index in [1.54, 1.807) is 25.3 Å². The molecule has 1 fully saturated rings. The summed E-state index contributed by atoms with van der Waals surface area (Å²) in [5.41, 5.74) is 1.18. The Kier molecular flexibility index (Phi) is 5.79. The van der Waals surface area contributed by atoms with Crippen molar-refractivity contribution in [1.82, 2.24) is 14.7 Å². The number of hydrogen-bond acceptors (Lipinski definition) is 5. The molecule has 2 heterocycles. The highest BCUT2D eigenvalue weighted by atomic mass is 16.5. The Morgan fingerprint density at radius 2 is 1.77 bits per heavy atom. The van der Waals surface area contributed by atoms with Crippen molar-refractivity contribution >= 4 is 11.7 Å². The predicted octanol–water partition coefficient (Wildman–Crippen LogP) is 2.59. The van der Waals surface area contributed by atoms with Gasteiger partial charge in [-0.15, -0.1) is 5.10 Å². The van der Waals surface area contributed by atoms with Crippen LogP contribution >= 0.6 is 0 Å². The minimum absolute atomic E-state index is 0.00188. The zero-order valence-electron chi connectivity index (χ0n) is 16.9. The highest BCUT2D eigenvalue weighted by Gasteiger charge is 2.22. The van der Waals surface area contributed by atoms with Crippen molar-refractivity contribution in [2.45, 2.75) is 6.42 Å². The number of anilines is 1. The van der Waals surface area contributed by atoms with Crippen LogP contribution in [0.2, 0.25) is 0 Å². The number of methoxy groups -OCH3 is 1. The standard InChI is InChI=1S/C23H24N4O3/c1-30-20-10-5-7-18(17-20)23(29)26-14-6-13-25(15-16-26)21-11-12-22(28)27(24-21)19-8-3-2-4-9-19/h2-5,7-12,17H,6,13-16H2,1H3. The number of nitrogens with zero attached hydrogens (tertiary/aromatic N) is 4. The van der Waals surface area contributed by atoms with Gasteiger partial charge in [-0.3, -0.25) is 9.59 Å². The molecule has 7 heteroatoms. The molecule has 0 atom stereocenters. The SMILES string of the molecule is COc1cccc(C(=O)N2CCCN(c3ccc(=O)n(-c4ccccc4)n3)CC2)c1. The van der Waals surface area contributed by atoms with Crippen LogP contribution in [0.15, 0.2) is 71.5 Å². The Hall–Kier alpha value is -3.61. The normalized spacial score (nSPS) is 14.3. The van der Waals surface area contributed by atoms with E-state index in [9.17, 15) is 9.59 Å². The maximum absolute atomic E-state index is 12.9. The van der Waals surface area contributed by atoms with Crippen molar-refractivity contribution in [3.63, 3.8) is 0 Å². The quantitative estimate of drug-likeness (QED) is 0.669. The lowest BCUT2D eigenvalue weighted by Gasteiger charge is -2.23. The van der Waals surface area contributed by atoms with E-state index in [4.69, 9.17) is 4.74 Å². The van der Waals surface area contributed by atoms with Gasteiger partial charge in [0.1, 0.15) is 11.6 Å². The van der Waals surface area contributed by atoms with E-state index in [-0.39, 0.29) is 11.5 Å². The number of hydrogen-bond donors (Lipinski definition) is 0. The van der Waals surface area contributed by atoms with Crippen molar-refractivity contribution in [3.05, 3.63) is 82.6 Å². The molecule has 0 N–H and O–H groups in total. The van der Waals surface area contributed by atoms with E-state index in [0.717, 1.165) is 24.5 Å². The lowest BCUT2D eigenvalue weighted by Crippen LogP contribution is -2.36. The van der Waals surface area contributed by atoms with Crippen molar-refractivity contribution in [2.24, 2.45) is 0 Å². The molecule has 1 aromatic heterocycles. The van der Waals surface area contributed by atoms with Crippen LogP contribution in [0.25, 0.3) is 5.69 Å². The Labute approximate surface area is 175 Å². The fourth-order valence-electron chi connectivity index (χ4n) is 3.61. The smallest absolute Gasteiger partial charge is 0.271 e. The van der Waals surface area contributed by atoms with Gasteiger partial charge in [0.25, 0.3) is 11.5 Å². The van der Waals surface area contributed by atoms with Crippen LogP contribution < -0.4 is 15.2 Å². The third kappa shape index (κ3) is 4.20. The Balaban J connectivity index is 1.51. The maximum Gasteiger partial charge on any atom is 0.271 e. The number of aromatic nitrogens is 2. The van der Waals surface area contributed by atoms with Crippen molar-refractivity contribution < 1.29 is 9.53 Å². The first-order chi connectivity index (χ1) is 14.7. The minimum atomic E-state index is -0.172. The lowest BCUT2D eigenvalue weighted by molar-refractivity contribution is 0.0766. The van der Waals surface area contributed by atoms with Crippen molar-refractivity contribution in [1.29, 1.82) is 0 Å². The molecule has 7 nitrogen and oxygen atoms in total. The molecular weight excluding hydrogens is 380 g/mol. The van der Waals surface area contributed by atoms with Crippen molar-refractivity contribution in [3.8, 4) is 11.4 Å². The number of rotatable bonds is 4. The average Bonchev–Trinajstić information content (AvgIpc) is 3.06. The third-order valence-electron chi connectivity index (χ3n) is 5.21. The monoisotopic (exact) mass is 404 g/mol. The molecular formula is C23H24N4O3. The van der Waals surface area contributed by atoms with Gasteiger partial charge in [0, 0.05) is 37.8 Å². The Morgan fingerprint density at radius 3 is 2.57 bits per heavy atom. The second kappa shape index (κ2) is 8.82. The molecule has 0 unspecified atom stereocenters. The van der Waals surface area contributed by atoms with Crippen LogP contribution in [0.4, 0.5) is 5.82 Å². The van der Waals surface area contributed by atoms with E-state index >= 15 is 0 Å². The van der Waals surface area contributed by atoms with Crippen LogP contribution in [-0.2, 0) is 0 Å². The van der Waals surface area contributed by atoms with Gasteiger partial charge in [0.15, 0.2) is 0 Å². The van der Waals surface area contributed by atoms with Gasteiger partial charge in [-0.05, 0) is 42.8 Å². The first-order valence-electron chi connectivity index (χ1n) is 10.00. The highest BCUT2D eigenvalue weighted by Crippen LogP contribution is 2.17. The molecule has 1 saturated heterocycles. The van der Waals surface area contributed by atoms with Crippen LogP contribution in [0.5, 0.6) is 5.75 Å². The predicted molar refractivity (Wildman–Crippen MR) is 116 cm³/mol. The number of amides is 1. The minimum Gasteiger partial charge on any atom is -0.497 e. The van der Waals surface area contributed by atoms with Gasteiger partial charge in [-0.25, -0.2) is 0 Å². The summed E-state index contributed by atoms with van der Waals surface area (Å²) in [6.07, 6.45) is 0.821. The van der Waals surface area contributed by atoms with E-state index in [1.165, 1.54) is 4.68 Å². The summed E-state index contributed by atoms with van der Waals surface area (Å²) in [5.74, 6) is 1.40. The van der Waals surface area contributed by atoms with E-state index < -0.39 is 0 Å². The molecule has 154 valence electrons. The summed E-state index contributed by atoms with van der Waals surface area (Å²) in [4.78, 5) is 29.2. The summed E-state index contributed by atoms with van der Waals surface area (Å²) in [6.45, 7) is 2.67. The molecule has 1 aliphatic heterocycles. The zero-order chi connectivity index (χ0) is 20.9. The largest absolute Gasteiger partial charge is 0.497 e. The van der Waals surface area contributed by atoms with Gasteiger partial charge in [-0.1, -0.05) is 24.3 Å². The summed E-state index contributed by atoms with van der Waals surface area (Å²) in [6, 6.07) is 19.9. The molecule has 3 aromatic rings. The summed E-state index contributed by atoms with van der Waals surface area (Å²) >= 11 is 0. The van der Waals surface area contributed by atoms with E-state index in [2.05, 4.69) is 10.00 Å². The Bertz CT molecular complexity index is 1080. The first kappa shape index (κ1) is 19.7.